The monoisotopic (exact) mass is 307 g/mol. The Morgan fingerprint density at radius 3 is 2.78 bits per heavy atom. The highest BCUT2D eigenvalue weighted by molar-refractivity contribution is 5.87. The van der Waals surface area contributed by atoms with Crippen LogP contribution in [0.3, 0.4) is 0 Å². The molecule has 0 bridgehead atoms. The Bertz CT molecular complexity index is 709. The maximum absolute atomic E-state index is 12.1. The standard InChI is InChI=1S/C20H21NO2/c1-3-20(22)21-13-16-12-17(23-4-2)10-11-18(16)19(14-21)15-8-6-5-7-9-15/h3,5-12,19H,1,4,13-14H2,2H3/t19-/m0/s1. The Morgan fingerprint density at radius 1 is 1.30 bits per heavy atom. The summed E-state index contributed by atoms with van der Waals surface area (Å²) in [6.07, 6.45) is 1.39. The fourth-order valence-electron chi connectivity index (χ4n) is 3.17. The van der Waals surface area contributed by atoms with Gasteiger partial charge in [0.2, 0.25) is 5.91 Å². The Morgan fingerprint density at radius 2 is 2.09 bits per heavy atom. The van der Waals surface area contributed by atoms with Gasteiger partial charge in [-0.05, 0) is 41.8 Å². The lowest BCUT2D eigenvalue weighted by Gasteiger charge is -2.34. The molecule has 3 heteroatoms. The van der Waals surface area contributed by atoms with Crippen molar-refractivity contribution < 1.29 is 9.53 Å². The van der Waals surface area contributed by atoms with Crippen molar-refractivity contribution in [2.24, 2.45) is 0 Å². The van der Waals surface area contributed by atoms with Crippen molar-refractivity contribution in [1.82, 2.24) is 4.90 Å². The summed E-state index contributed by atoms with van der Waals surface area (Å²) >= 11 is 0. The third-order valence-electron chi connectivity index (χ3n) is 4.25. The predicted molar refractivity (Wildman–Crippen MR) is 91.5 cm³/mol. The molecule has 0 aromatic heterocycles. The van der Waals surface area contributed by atoms with Gasteiger partial charge >= 0.3 is 0 Å². The summed E-state index contributed by atoms with van der Waals surface area (Å²) in [5.74, 6) is 1.00. The van der Waals surface area contributed by atoms with Crippen LogP contribution in [-0.4, -0.2) is 24.0 Å². The van der Waals surface area contributed by atoms with Crippen molar-refractivity contribution in [3.8, 4) is 5.75 Å². The maximum Gasteiger partial charge on any atom is 0.246 e. The molecule has 0 fully saturated rings. The molecule has 0 unspecified atom stereocenters. The number of hydrogen-bond acceptors (Lipinski definition) is 2. The zero-order valence-electron chi connectivity index (χ0n) is 13.4. The summed E-state index contributed by atoms with van der Waals surface area (Å²) < 4.78 is 5.61. The number of amides is 1. The van der Waals surface area contributed by atoms with E-state index in [0.29, 0.717) is 19.7 Å². The molecule has 1 aliphatic rings. The highest BCUT2D eigenvalue weighted by Gasteiger charge is 2.28. The number of nitrogens with zero attached hydrogens (tertiary/aromatic N) is 1. The minimum absolute atomic E-state index is 0.0293. The van der Waals surface area contributed by atoms with E-state index in [1.165, 1.54) is 17.2 Å². The molecule has 1 atom stereocenters. The van der Waals surface area contributed by atoms with E-state index >= 15 is 0 Å². The zero-order chi connectivity index (χ0) is 16.2. The van der Waals surface area contributed by atoms with Gasteiger partial charge in [0.25, 0.3) is 0 Å². The zero-order valence-corrected chi connectivity index (χ0v) is 13.4. The lowest BCUT2D eigenvalue weighted by molar-refractivity contribution is -0.127. The van der Waals surface area contributed by atoms with E-state index < -0.39 is 0 Å². The minimum Gasteiger partial charge on any atom is -0.494 e. The largest absolute Gasteiger partial charge is 0.494 e. The molecule has 1 heterocycles. The average molecular weight is 307 g/mol. The molecule has 1 amide bonds. The van der Waals surface area contributed by atoms with Crippen LogP contribution in [0.1, 0.15) is 29.5 Å². The van der Waals surface area contributed by atoms with Gasteiger partial charge in [-0.3, -0.25) is 4.79 Å². The van der Waals surface area contributed by atoms with Gasteiger partial charge in [-0.15, -0.1) is 0 Å². The molecule has 3 rings (SSSR count). The van der Waals surface area contributed by atoms with Crippen molar-refractivity contribution in [2.45, 2.75) is 19.4 Å². The first-order valence-electron chi connectivity index (χ1n) is 7.94. The molecule has 0 saturated heterocycles. The van der Waals surface area contributed by atoms with Gasteiger partial charge in [0, 0.05) is 19.0 Å². The second kappa shape index (κ2) is 6.69. The van der Waals surface area contributed by atoms with Crippen LogP contribution in [0.15, 0.2) is 61.2 Å². The highest BCUT2D eigenvalue weighted by Crippen LogP contribution is 2.35. The maximum atomic E-state index is 12.1. The Kier molecular flexibility index (Phi) is 4.47. The molecule has 118 valence electrons. The van der Waals surface area contributed by atoms with Crippen LogP contribution in [0.25, 0.3) is 0 Å². The quantitative estimate of drug-likeness (QED) is 0.805. The molecule has 2 aromatic carbocycles. The molecular formula is C20H21NO2. The summed E-state index contributed by atoms with van der Waals surface area (Å²) in [7, 11) is 0. The lowest BCUT2D eigenvalue weighted by Crippen LogP contribution is -2.37. The third kappa shape index (κ3) is 3.14. The molecular weight excluding hydrogens is 286 g/mol. The van der Waals surface area contributed by atoms with Crippen LogP contribution >= 0.6 is 0 Å². The highest BCUT2D eigenvalue weighted by atomic mass is 16.5. The first-order chi connectivity index (χ1) is 11.2. The van der Waals surface area contributed by atoms with E-state index in [1.54, 1.807) is 0 Å². The number of rotatable bonds is 4. The summed E-state index contributed by atoms with van der Waals surface area (Å²) in [6, 6.07) is 16.5. The molecule has 0 radical (unpaired) electrons. The van der Waals surface area contributed by atoms with Gasteiger partial charge in [-0.2, -0.15) is 0 Å². The number of ether oxygens (including phenoxy) is 1. The van der Waals surface area contributed by atoms with Crippen molar-refractivity contribution in [1.29, 1.82) is 0 Å². The smallest absolute Gasteiger partial charge is 0.246 e. The number of benzene rings is 2. The summed E-state index contributed by atoms with van der Waals surface area (Å²) in [5.41, 5.74) is 3.64. The molecule has 0 N–H and O–H groups in total. The van der Waals surface area contributed by atoms with Gasteiger partial charge in [0.15, 0.2) is 0 Å². The van der Waals surface area contributed by atoms with Gasteiger partial charge in [0.05, 0.1) is 6.61 Å². The number of hydrogen-bond donors (Lipinski definition) is 0. The predicted octanol–water partition coefficient (Wildman–Crippen LogP) is 3.75. The summed E-state index contributed by atoms with van der Waals surface area (Å²) in [4.78, 5) is 14.0. The van der Waals surface area contributed by atoms with Crippen LogP contribution < -0.4 is 4.74 Å². The molecule has 3 nitrogen and oxygen atoms in total. The van der Waals surface area contributed by atoms with E-state index in [-0.39, 0.29) is 11.8 Å². The molecule has 0 saturated carbocycles. The average Bonchev–Trinajstić information content (AvgIpc) is 2.61. The second-order valence-electron chi connectivity index (χ2n) is 5.68. The summed E-state index contributed by atoms with van der Waals surface area (Å²) in [6.45, 7) is 7.51. The SMILES string of the molecule is C=CC(=O)N1Cc2cc(OCC)ccc2[C@H](c2ccccc2)C1. The van der Waals surface area contributed by atoms with Gasteiger partial charge in [-0.1, -0.05) is 43.0 Å². The van der Waals surface area contributed by atoms with Crippen LogP contribution in [0.4, 0.5) is 0 Å². The summed E-state index contributed by atoms with van der Waals surface area (Å²) in [5, 5.41) is 0. The van der Waals surface area contributed by atoms with Crippen molar-refractivity contribution >= 4 is 5.91 Å². The molecule has 0 aliphatic carbocycles. The lowest BCUT2D eigenvalue weighted by atomic mass is 9.84. The van der Waals surface area contributed by atoms with E-state index in [9.17, 15) is 4.79 Å². The Balaban J connectivity index is 2.03. The number of carbonyl (C=O) groups excluding carboxylic acids is 1. The van der Waals surface area contributed by atoms with Crippen molar-refractivity contribution in [3.63, 3.8) is 0 Å². The fraction of sp³-hybridized carbons (Fsp3) is 0.250. The third-order valence-corrected chi connectivity index (χ3v) is 4.25. The Hall–Kier alpha value is -2.55. The second-order valence-corrected chi connectivity index (χ2v) is 5.68. The topological polar surface area (TPSA) is 29.5 Å². The van der Waals surface area contributed by atoms with Crippen LogP contribution in [0.2, 0.25) is 0 Å². The van der Waals surface area contributed by atoms with Crippen molar-refractivity contribution in [3.05, 3.63) is 77.9 Å². The van der Waals surface area contributed by atoms with E-state index in [1.807, 2.05) is 36.1 Å². The Labute approximate surface area is 137 Å². The van der Waals surface area contributed by atoms with Crippen LogP contribution in [-0.2, 0) is 11.3 Å². The minimum atomic E-state index is -0.0293. The van der Waals surface area contributed by atoms with E-state index in [2.05, 4.69) is 30.8 Å². The van der Waals surface area contributed by atoms with E-state index in [4.69, 9.17) is 4.74 Å². The first-order valence-corrected chi connectivity index (χ1v) is 7.94. The van der Waals surface area contributed by atoms with Gasteiger partial charge in [0.1, 0.15) is 5.75 Å². The van der Waals surface area contributed by atoms with Crippen molar-refractivity contribution in [2.75, 3.05) is 13.2 Å². The molecule has 0 spiro atoms. The van der Waals surface area contributed by atoms with E-state index in [0.717, 1.165) is 11.3 Å². The molecule has 2 aromatic rings. The first kappa shape index (κ1) is 15.3. The number of fused-ring (bicyclic) bond motifs is 1. The van der Waals surface area contributed by atoms with Gasteiger partial charge < -0.3 is 9.64 Å². The van der Waals surface area contributed by atoms with Crippen LogP contribution in [0, 0.1) is 0 Å². The van der Waals surface area contributed by atoms with Gasteiger partial charge in [-0.25, -0.2) is 0 Å². The van der Waals surface area contributed by atoms with Crippen LogP contribution in [0.5, 0.6) is 5.75 Å². The molecule has 23 heavy (non-hydrogen) atoms. The fourth-order valence-corrected chi connectivity index (χ4v) is 3.17. The number of carbonyl (C=O) groups is 1. The normalized spacial score (nSPS) is 16.6. The molecule has 1 aliphatic heterocycles.